The minimum absolute atomic E-state index is 0.145. The maximum Gasteiger partial charge on any atom is 0.322 e. The standard InChI is InChI=1S/C15H22N2O2/c1-13(15(18)19-2)16-9-6-10-17(12-11-16)14-7-4-3-5-8-14/h3-5,7-8,13H,6,9-12H2,1-2H3/t13-/m1/s1. The fourth-order valence-electron chi connectivity index (χ4n) is 2.54. The fraction of sp³-hybridized carbons (Fsp3) is 0.533. The topological polar surface area (TPSA) is 32.8 Å². The summed E-state index contributed by atoms with van der Waals surface area (Å²) in [6.07, 6.45) is 1.07. The molecule has 0 spiro atoms. The highest BCUT2D eigenvalue weighted by molar-refractivity contribution is 5.75. The van der Waals surface area contributed by atoms with Crippen molar-refractivity contribution in [1.82, 2.24) is 4.90 Å². The molecule has 1 aromatic carbocycles. The molecular weight excluding hydrogens is 240 g/mol. The monoisotopic (exact) mass is 262 g/mol. The maximum atomic E-state index is 11.6. The lowest BCUT2D eigenvalue weighted by Gasteiger charge is -2.26. The first-order valence-electron chi connectivity index (χ1n) is 6.84. The van der Waals surface area contributed by atoms with Crippen molar-refractivity contribution in [3.05, 3.63) is 30.3 Å². The van der Waals surface area contributed by atoms with Crippen molar-refractivity contribution in [2.75, 3.05) is 38.2 Å². The van der Waals surface area contributed by atoms with Crippen LogP contribution in [-0.2, 0) is 9.53 Å². The Balaban J connectivity index is 1.97. The zero-order valence-corrected chi connectivity index (χ0v) is 11.7. The summed E-state index contributed by atoms with van der Waals surface area (Å²) in [5.41, 5.74) is 1.26. The van der Waals surface area contributed by atoms with Crippen molar-refractivity contribution >= 4 is 11.7 Å². The second kappa shape index (κ2) is 6.57. The summed E-state index contributed by atoms with van der Waals surface area (Å²) in [5, 5.41) is 0. The Labute approximate surface area is 115 Å². The van der Waals surface area contributed by atoms with Gasteiger partial charge in [0, 0.05) is 31.9 Å². The number of hydrogen-bond donors (Lipinski definition) is 0. The number of carbonyl (C=O) groups is 1. The highest BCUT2D eigenvalue weighted by Gasteiger charge is 2.24. The Bertz CT molecular complexity index is 408. The molecule has 104 valence electrons. The van der Waals surface area contributed by atoms with E-state index in [0.29, 0.717) is 0 Å². The minimum atomic E-state index is -0.152. The average molecular weight is 262 g/mol. The summed E-state index contributed by atoms with van der Waals surface area (Å²) in [6.45, 7) is 5.74. The van der Waals surface area contributed by atoms with Gasteiger partial charge < -0.3 is 9.64 Å². The van der Waals surface area contributed by atoms with Gasteiger partial charge in [0.15, 0.2) is 0 Å². The maximum absolute atomic E-state index is 11.6. The first-order valence-corrected chi connectivity index (χ1v) is 6.84. The lowest BCUT2D eigenvalue weighted by molar-refractivity contribution is -0.146. The highest BCUT2D eigenvalue weighted by atomic mass is 16.5. The molecule has 1 atom stereocenters. The first-order chi connectivity index (χ1) is 9.22. The second-order valence-electron chi connectivity index (χ2n) is 4.91. The zero-order valence-electron chi connectivity index (χ0n) is 11.7. The van der Waals surface area contributed by atoms with E-state index >= 15 is 0 Å². The Morgan fingerprint density at radius 3 is 2.58 bits per heavy atom. The molecule has 1 aromatic rings. The van der Waals surface area contributed by atoms with E-state index in [2.05, 4.69) is 34.1 Å². The molecule has 0 saturated carbocycles. The number of benzene rings is 1. The van der Waals surface area contributed by atoms with Crippen molar-refractivity contribution in [3.63, 3.8) is 0 Å². The molecule has 0 amide bonds. The predicted octanol–water partition coefficient (Wildman–Crippen LogP) is 1.76. The van der Waals surface area contributed by atoms with Crippen molar-refractivity contribution in [2.45, 2.75) is 19.4 Å². The third-order valence-electron chi connectivity index (χ3n) is 3.74. The van der Waals surface area contributed by atoms with E-state index in [0.717, 1.165) is 32.6 Å². The van der Waals surface area contributed by atoms with Crippen LogP contribution < -0.4 is 4.90 Å². The van der Waals surface area contributed by atoms with E-state index in [1.807, 2.05) is 13.0 Å². The molecule has 1 saturated heterocycles. The molecule has 1 heterocycles. The third-order valence-corrected chi connectivity index (χ3v) is 3.74. The molecule has 0 radical (unpaired) electrons. The number of rotatable bonds is 3. The lowest BCUT2D eigenvalue weighted by atomic mass is 10.2. The van der Waals surface area contributed by atoms with E-state index in [1.54, 1.807) is 0 Å². The van der Waals surface area contributed by atoms with E-state index in [9.17, 15) is 4.79 Å². The molecule has 19 heavy (non-hydrogen) atoms. The van der Waals surface area contributed by atoms with Gasteiger partial charge in [0.25, 0.3) is 0 Å². The van der Waals surface area contributed by atoms with Crippen LogP contribution in [0.2, 0.25) is 0 Å². The zero-order chi connectivity index (χ0) is 13.7. The molecule has 1 aliphatic heterocycles. The minimum Gasteiger partial charge on any atom is -0.468 e. The number of hydrogen-bond acceptors (Lipinski definition) is 4. The highest BCUT2D eigenvalue weighted by Crippen LogP contribution is 2.16. The van der Waals surface area contributed by atoms with Gasteiger partial charge >= 0.3 is 5.97 Å². The second-order valence-corrected chi connectivity index (χ2v) is 4.91. The van der Waals surface area contributed by atoms with Gasteiger partial charge in [-0.05, 0) is 25.5 Å². The fourth-order valence-corrected chi connectivity index (χ4v) is 2.54. The lowest BCUT2D eigenvalue weighted by Crippen LogP contribution is -2.41. The van der Waals surface area contributed by atoms with E-state index in [-0.39, 0.29) is 12.0 Å². The van der Waals surface area contributed by atoms with Gasteiger partial charge in [-0.3, -0.25) is 9.69 Å². The van der Waals surface area contributed by atoms with Crippen LogP contribution in [0.4, 0.5) is 5.69 Å². The number of ether oxygens (including phenoxy) is 1. The van der Waals surface area contributed by atoms with Gasteiger partial charge in [0.2, 0.25) is 0 Å². The van der Waals surface area contributed by atoms with Gasteiger partial charge in [-0.2, -0.15) is 0 Å². The van der Waals surface area contributed by atoms with Crippen LogP contribution in [0.5, 0.6) is 0 Å². The van der Waals surface area contributed by atoms with Crippen LogP contribution in [0.25, 0.3) is 0 Å². The average Bonchev–Trinajstić information content (AvgIpc) is 2.72. The Kier molecular flexibility index (Phi) is 4.80. The van der Waals surface area contributed by atoms with Crippen molar-refractivity contribution in [1.29, 1.82) is 0 Å². The van der Waals surface area contributed by atoms with Crippen molar-refractivity contribution < 1.29 is 9.53 Å². The predicted molar refractivity (Wildman–Crippen MR) is 76.3 cm³/mol. The van der Waals surface area contributed by atoms with Gasteiger partial charge in [-0.1, -0.05) is 18.2 Å². The van der Waals surface area contributed by atoms with Crippen LogP contribution >= 0.6 is 0 Å². The molecule has 0 aliphatic carbocycles. The molecule has 1 fully saturated rings. The van der Waals surface area contributed by atoms with Crippen molar-refractivity contribution in [2.24, 2.45) is 0 Å². The van der Waals surface area contributed by atoms with Crippen LogP contribution in [0.3, 0.4) is 0 Å². The van der Waals surface area contributed by atoms with Crippen LogP contribution in [-0.4, -0.2) is 50.2 Å². The molecule has 0 N–H and O–H groups in total. The van der Waals surface area contributed by atoms with E-state index in [1.165, 1.54) is 12.8 Å². The normalized spacial score (nSPS) is 18.7. The van der Waals surface area contributed by atoms with E-state index in [4.69, 9.17) is 4.74 Å². The summed E-state index contributed by atoms with van der Waals surface area (Å²) >= 11 is 0. The largest absolute Gasteiger partial charge is 0.468 e. The first kappa shape index (κ1) is 13.9. The number of nitrogens with zero attached hydrogens (tertiary/aromatic N) is 2. The van der Waals surface area contributed by atoms with Crippen LogP contribution in [0, 0.1) is 0 Å². The smallest absolute Gasteiger partial charge is 0.322 e. The summed E-state index contributed by atoms with van der Waals surface area (Å²) in [5.74, 6) is -0.145. The summed E-state index contributed by atoms with van der Waals surface area (Å²) in [7, 11) is 1.45. The number of esters is 1. The van der Waals surface area contributed by atoms with E-state index < -0.39 is 0 Å². The van der Waals surface area contributed by atoms with Crippen molar-refractivity contribution in [3.8, 4) is 0 Å². The van der Waals surface area contributed by atoms with Gasteiger partial charge in [-0.15, -0.1) is 0 Å². The summed E-state index contributed by atoms with van der Waals surface area (Å²) in [6, 6.07) is 10.3. The van der Waals surface area contributed by atoms with Gasteiger partial charge in [0.05, 0.1) is 7.11 Å². The molecule has 2 rings (SSSR count). The number of anilines is 1. The molecule has 0 aromatic heterocycles. The SMILES string of the molecule is COC(=O)[C@@H](C)N1CCCN(c2ccccc2)CC1. The summed E-state index contributed by atoms with van der Waals surface area (Å²) in [4.78, 5) is 16.2. The molecule has 1 aliphatic rings. The Morgan fingerprint density at radius 1 is 1.16 bits per heavy atom. The Hall–Kier alpha value is -1.55. The molecular formula is C15H22N2O2. The number of para-hydroxylation sites is 1. The molecule has 4 heteroatoms. The molecule has 0 unspecified atom stereocenters. The Morgan fingerprint density at radius 2 is 1.89 bits per heavy atom. The van der Waals surface area contributed by atoms with Gasteiger partial charge in [0.1, 0.15) is 6.04 Å². The van der Waals surface area contributed by atoms with Gasteiger partial charge in [-0.25, -0.2) is 0 Å². The summed E-state index contributed by atoms with van der Waals surface area (Å²) < 4.78 is 4.82. The molecule has 4 nitrogen and oxygen atoms in total. The quantitative estimate of drug-likeness (QED) is 0.777. The molecule has 0 bridgehead atoms. The number of methoxy groups -OCH3 is 1. The third kappa shape index (κ3) is 3.47. The number of carbonyl (C=O) groups excluding carboxylic acids is 1. The van der Waals surface area contributed by atoms with Crippen LogP contribution in [0.15, 0.2) is 30.3 Å². The van der Waals surface area contributed by atoms with Crippen LogP contribution in [0.1, 0.15) is 13.3 Å².